The lowest BCUT2D eigenvalue weighted by molar-refractivity contribution is -0.258. The first-order chi connectivity index (χ1) is 11.9. The Labute approximate surface area is 149 Å². The van der Waals surface area contributed by atoms with Crippen LogP contribution in [-0.2, 0) is 5.60 Å². The van der Waals surface area contributed by atoms with Crippen LogP contribution in [0, 0.1) is 12.7 Å². The highest BCUT2D eigenvalue weighted by Crippen LogP contribution is 2.40. The molecule has 0 bridgehead atoms. The molecule has 0 aliphatic carbocycles. The van der Waals surface area contributed by atoms with Gasteiger partial charge < -0.3 is 5.11 Å². The molecule has 0 radical (unpaired) electrons. The molecule has 2 aromatic carbocycles. The van der Waals surface area contributed by atoms with Crippen LogP contribution in [0.15, 0.2) is 30.3 Å². The van der Waals surface area contributed by atoms with Crippen LogP contribution in [0.1, 0.15) is 53.7 Å². The zero-order valence-electron chi connectivity index (χ0n) is 14.9. The van der Waals surface area contributed by atoms with Crippen LogP contribution in [0.4, 0.5) is 17.6 Å². The van der Waals surface area contributed by atoms with Gasteiger partial charge in [0.2, 0.25) is 0 Å². The highest BCUT2D eigenvalue weighted by molar-refractivity contribution is 5.80. The van der Waals surface area contributed by atoms with Crippen LogP contribution >= 0.6 is 0 Å². The SMILES string of the molecule is Cc1cc(C(C)(O)C(F)(F)F)ccc1-c1cc(F)c(C=O)cc1C(C)C. The summed E-state index contributed by atoms with van der Waals surface area (Å²) in [4.78, 5) is 11.0. The summed E-state index contributed by atoms with van der Waals surface area (Å²) >= 11 is 0. The van der Waals surface area contributed by atoms with Crippen molar-refractivity contribution >= 4 is 6.29 Å². The molecular formula is C20H20F4O2. The van der Waals surface area contributed by atoms with Crippen LogP contribution in [0.5, 0.6) is 0 Å². The number of aliphatic hydroxyl groups is 1. The van der Waals surface area contributed by atoms with Crippen molar-refractivity contribution in [2.24, 2.45) is 0 Å². The molecule has 0 spiro atoms. The Morgan fingerprint density at radius 1 is 1.08 bits per heavy atom. The second-order valence-electron chi connectivity index (χ2n) is 6.83. The van der Waals surface area contributed by atoms with E-state index in [0.29, 0.717) is 35.5 Å². The van der Waals surface area contributed by atoms with Gasteiger partial charge in [0, 0.05) is 0 Å². The van der Waals surface area contributed by atoms with Gasteiger partial charge in [0.05, 0.1) is 5.56 Å². The van der Waals surface area contributed by atoms with Gasteiger partial charge in [0.1, 0.15) is 5.82 Å². The Morgan fingerprint density at radius 3 is 2.15 bits per heavy atom. The minimum atomic E-state index is -4.82. The molecule has 0 fully saturated rings. The van der Waals surface area contributed by atoms with E-state index in [1.165, 1.54) is 30.3 Å². The standard InChI is InChI=1S/C20H20F4O2/c1-11(2)16-8-13(10-25)18(21)9-17(16)15-6-5-14(7-12(15)3)19(4,26)20(22,23)24/h5-11,26H,1-4H3. The van der Waals surface area contributed by atoms with Crippen LogP contribution in [0.3, 0.4) is 0 Å². The molecule has 0 amide bonds. The van der Waals surface area contributed by atoms with E-state index in [1.807, 2.05) is 13.8 Å². The third-order valence-corrected chi connectivity index (χ3v) is 4.55. The van der Waals surface area contributed by atoms with Crippen molar-refractivity contribution in [1.82, 2.24) is 0 Å². The monoisotopic (exact) mass is 368 g/mol. The molecule has 0 aliphatic heterocycles. The van der Waals surface area contributed by atoms with E-state index < -0.39 is 17.6 Å². The van der Waals surface area contributed by atoms with E-state index >= 15 is 0 Å². The van der Waals surface area contributed by atoms with Crippen LogP contribution in [0.2, 0.25) is 0 Å². The van der Waals surface area contributed by atoms with Gasteiger partial charge in [-0.05, 0) is 59.7 Å². The van der Waals surface area contributed by atoms with Crippen LogP contribution in [0.25, 0.3) is 11.1 Å². The van der Waals surface area contributed by atoms with E-state index in [-0.39, 0.29) is 17.0 Å². The summed E-state index contributed by atoms with van der Waals surface area (Å²) in [6, 6.07) is 6.56. The van der Waals surface area contributed by atoms with Crippen molar-refractivity contribution in [1.29, 1.82) is 0 Å². The second kappa shape index (κ2) is 6.83. The Hall–Kier alpha value is -2.21. The minimum Gasteiger partial charge on any atom is -0.376 e. The normalized spacial score (nSPS) is 14.4. The van der Waals surface area contributed by atoms with Crippen molar-refractivity contribution in [2.75, 3.05) is 0 Å². The number of halogens is 4. The summed E-state index contributed by atoms with van der Waals surface area (Å²) in [5, 5.41) is 9.84. The quantitative estimate of drug-likeness (QED) is 0.571. The summed E-state index contributed by atoms with van der Waals surface area (Å²) < 4.78 is 53.3. The van der Waals surface area contributed by atoms with Gasteiger partial charge in [0.25, 0.3) is 0 Å². The highest BCUT2D eigenvalue weighted by atomic mass is 19.4. The molecule has 140 valence electrons. The Balaban J connectivity index is 2.65. The van der Waals surface area contributed by atoms with E-state index in [1.54, 1.807) is 6.92 Å². The second-order valence-corrected chi connectivity index (χ2v) is 6.83. The zero-order valence-corrected chi connectivity index (χ0v) is 14.9. The number of carbonyl (C=O) groups is 1. The van der Waals surface area contributed by atoms with E-state index in [9.17, 15) is 27.5 Å². The Morgan fingerprint density at radius 2 is 1.69 bits per heavy atom. The van der Waals surface area contributed by atoms with Gasteiger partial charge in [-0.1, -0.05) is 32.0 Å². The number of hydrogen-bond donors (Lipinski definition) is 1. The van der Waals surface area contributed by atoms with Gasteiger partial charge in [0.15, 0.2) is 11.9 Å². The number of aryl methyl sites for hydroxylation is 1. The third kappa shape index (κ3) is 3.51. The smallest absolute Gasteiger partial charge is 0.376 e. The van der Waals surface area contributed by atoms with Gasteiger partial charge in [-0.2, -0.15) is 13.2 Å². The maximum absolute atomic E-state index is 14.1. The summed E-state index contributed by atoms with van der Waals surface area (Å²) in [6.45, 7) is 6.05. The molecule has 26 heavy (non-hydrogen) atoms. The fourth-order valence-electron chi connectivity index (χ4n) is 2.84. The number of rotatable bonds is 4. The summed E-state index contributed by atoms with van der Waals surface area (Å²) in [5.41, 5.74) is -1.09. The number of carbonyl (C=O) groups excluding carboxylic acids is 1. The molecule has 2 nitrogen and oxygen atoms in total. The average molecular weight is 368 g/mol. The maximum atomic E-state index is 14.1. The number of hydrogen-bond acceptors (Lipinski definition) is 2. The van der Waals surface area contributed by atoms with Gasteiger partial charge in [-0.25, -0.2) is 4.39 Å². The van der Waals surface area contributed by atoms with Crippen LogP contribution < -0.4 is 0 Å². The molecule has 0 heterocycles. The molecule has 0 aromatic heterocycles. The molecular weight excluding hydrogens is 348 g/mol. The van der Waals surface area contributed by atoms with E-state index in [4.69, 9.17) is 0 Å². The fraction of sp³-hybridized carbons (Fsp3) is 0.350. The molecule has 1 atom stereocenters. The van der Waals surface area contributed by atoms with E-state index in [2.05, 4.69) is 0 Å². The van der Waals surface area contributed by atoms with Crippen molar-refractivity contribution in [3.05, 3.63) is 58.4 Å². The van der Waals surface area contributed by atoms with Crippen LogP contribution in [-0.4, -0.2) is 17.6 Å². The number of alkyl halides is 3. The van der Waals surface area contributed by atoms with Crippen molar-refractivity contribution < 1.29 is 27.5 Å². The topological polar surface area (TPSA) is 37.3 Å². The first-order valence-corrected chi connectivity index (χ1v) is 8.09. The molecule has 2 aromatic rings. The zero-order chi connectivity index (χ0) is 19.9. The van der Waals surface area contributed by atoms with Crippen molar-refractivity contribution in [2.45, 2.75) is 45.4 Å². The number of benzene rings is 2. The summed E-state index contributed by atoms with van der Waals surface area (Å²) in [7, 11) is 0. The molecule has 0 saturated heterocycles. The summed E-state index contributed by atoms with van der Waals surface area (Å²) in [6.07, 6.45) is -4.39. The average Bonchev–Trinajstić information content (AvgIpc) is 2.53. The molecule has 1 N–H and O–H groups in total. The molecule has 0 saturated carbocycles. The number of aldehydes is 1. The van der Waals surface area contributed by atoms with Crippen molar-refractivity contribution in [3.63, 3.8) is 0 Å². The predicted octanol–water partition coefficient (Wildman–Crippen LogP) is 5.51. The first kappa shape index (κ1) is 20.1. The largest absolute Gasteiger partial charge is 0.421 e. The Bertz CT molecular complexity index is 836. The molecule has 6 heteroatoms. The Kier molecular flexibility index (Phi) is 5.29. The minimum absolute atomic E-state index is 0.0262. The first-order valence-electron chi connectivity index (χ1n) is 8.09. The predicted molar refractivity (Wildman–Crippen MR) is 91.7 cm³/mol. The molecule has 1 unspecified atom stereocenters. The maximum Gasteiger partial charge on any atom is 0.421 e. The van der Waals surface area contributed by atoms with E-state index in [0.717, 1.165) is 0 Å². The van der Waals surface area contributed by atoms with Crippen molar-refractivity contribution in [3.8, 4) is 11.1 Å². The van der Waals surface area contributed by atoms with Gasteiger partial charge >= 0.3 is 6.18 Å². The molecule has 2 rings (SSSR count). The highest BCUT2D eigenvalue weighted by Gasteiger charge is 2.51. The lowest BCUT2D eigenvalue weighted by Crippen LogP contribution is -2.39. The van der Waals surface area contributed by atoms with Gasteiger partial charge in [-0.15, -0.1) is 0 Å². The summed E-state index contributed by atoms with van der Waals surface area (Å²) in [5.74, 6) is -0.716. The third-order valence-electron chi connectivity index (χ3n) is 4.55. The fourth-order valence-corrected chi connectivity index (χ4v) is 2.84. The lowest BCUT2D eigenvalue weighted by atomic mass is 9.86. The lowest BCUT2D eigenvalue weighted by Gasteiger charge is -2.27. The molecule has 0 aliphatic rings. The van der Waals surface area contributed by atoms with Gasteiger partial charge in [-0.3, -0.25) is 4.79 Å².